The number of nitrogens with zero attached hydrogens (tertiary/aromatic N) is 18. The number of fused-ring (bicyclic) bond motifs is 3. The molecule has 4 aliphatic heterocycles. The molecule has 39 heteroatoms. The lowest BCUT2D eigenvalue weighted by Gasteiger charge is -2.39. The van der Waals surface area contributed by atoms with Gasteiger partial charge in [-0.15, -0.1) is 0 Å². The van der Waals surface area contributed by atoms with Gasteiger partial charge in [0.15, 0.2) is 32.9 Å². The molecule has 0 saturated carbocycles. The second-order valence-electron chi connectivity index (χ2n) is 35.7. The number of imidazole rings is 4. The number of aromatic hydroxyl groups is 1. The summed E-state index contributed by atoms with van der Waals surface area (Å²) in [5, 5.41) is 10.1. The number of phenolic OH excluding ortho intramolecular Hbond substituents is 1. The summed E-state index contributed by atoms with van der Waals surface area (Å²) in [4.78, 5) is 163. The van der Waals surface area contributed by atoms with Gasteiger partial charge in [0.1, 0.15) is 51.8 Å². The standard InChI is InChI=1S/C26H25N5O4.C23H19N5O3.C14H10N2O2.C12H16ClN3O2.C8H14INO2.C8H19N.C5H6N2O.C4H2Cl2N2/c1-26(2,3)35-25(33)31-14-17(15-31)21-24(28-13-12-27-21)34-18-10-8-16(9-11-18)22(32)23-29-19-6-4-5-7-20(19)30-23;1-14(29)28-12-16(13-28)20-23(25-11-10-24-20)31-17-8-6-15(7-9-17)21(30)22-26-18-4-2-3-5-19(18)27-22;17-10-7-5-9(6-8-10)13(18)14-15-11-3-1-2-4-12(11)16-14;1-12(2,3)18-11(17)16-6-8(7-16)9-10(13)15-5-4-14-9;1-8(2,3)12-7(11)10-4-6(9)5-10;1-6-9(7(2)3)8(4)5;1-5(8)7-3-2-6-4-7;5-3-4(6)8-2-1-7-3/h4-13,17H,14-15H2,1-3H3,(H,29,30);2-11,16H,12-13H2,1H3,(H,26,27);1-8,17H,(H,15,16);4-5,8H,6-7H2,1-3H3;6H,4-5H2,1-3H3;7-8H,6H2,1-5H3;2-4H,1H3;1-2H. The molecule has 0 spiro atoms. The van der Waals surface area contributed by atoms with Crippen LogP contribution in [0.5, 0.6) is 29.0 Å². The van der Waals surface area contributed by atoms with E-state index in [2.05, 4.69) is 137 Å². The van der Waals surface area contributed by atoms with E-state index >= 15 is 0 Å². The van der Waals surface area contributed by atoms with E-state index in [1.807, 2.05) is 135 Å². The topological polar surface area (TPSA) is 426 Å². The fourth-order valence-corrected chi connectivity index (χ4v) is 15.3. The lowest BCUT2D eigenvalue weighted by Crippen LogP contribution is -2.52. The van der Waals surface area contributed by atoms with Crippen molar-refractivity contribution in [1.29, 1.82) is 0 Å². The van der Waals surface area contributed by atoms with Crippen molar-refractivity contribution in [2.24, 2.45) is 0 Å². The van der Waals surface area contributed by atoms with Crippen LogP contribution in [-0.4, -0.2) is 248 Å². The molecule has 0 bridgehead atoms. The monoisotopic (exact) mass is 2060 g/mol. The average molecular weight is 2060 g/mol. The van der Waals surface area contributed by atoms with Crippen molar-refractivity contribution in [1.82, 2.24) is 104 Å². The third kappa shape index (κ3) is 30.8. The smallest absolute Gasteiger partial charge is 0.410 e. The highest BCUT2D eigenvalue weighted by Gasteiger charge is 2.40. The molecule has 4 saturated heterocycles. The van der Waals surface area contributed by atoms with Crippen LogP contribution in [0.2, 0.25) is 15.5 Å². The average Bonchev–Trinajstić information content (AvgIpc) is 1.79. The molecule has 8 aromatic heterocycles. The first-order valence-corrected chi connectivity index (χ1v) is 47.0. The normalized spacial score (nSPS) is 13.5. The van der Waals surface area contributed by atoms with Crippen LogP contribution in [0, 0.1) is 0 Å². The van der Waals surface area contributed by atoms with E-state index in [-0.39, 0.29) is 92.7 Å². The zero-order valence-electron chi connectivity index (χ0n) is 79.9. The van der Waals surface area contributed by atoms with Crippen molar-refractivity contribution in [3.8, 4) is 29.0 Å². The number of ketones is 3. The lowest BCUT2D eigenvalue weighted by molar-refractivity contribution is -0.133. The van der Waals surface area contributed by atoms with Crippen LogP contribution in [-0.2, 0) is 19.0 Å². The molecule has 0 atom stereocenters. The molecular weight excluding hydrogens is 1950 g/mol. The minimum Gasteiger partial charge on any atom is -0.508 e. The van der Waals surface area contributed by atoms with Gasteiger partial charge in [-0.05, 0) is 206 Å². The number of phenols is 1. The minimum absolute atomic E-state index is 0.000143. The first-order chi connectivity index (χ1) is 66.0. The number of rotatable bonds is 16. The number of halogens is 4. The Kier molecular flexibility index (Phi) is 36.8. The van der Waals surface area contributed by atoms with Gasteiger partial charge in [-0.25, -0.2) is 59.2 Å². The Hall–Kier alpha value is -13.8. The van der Waals surface area contributed by atoms with Crippen LogP contribution >= 0.6 is 57.4 Å². The van der Waals surface area contributed by atoms with E-state index < -0.39 is 11.2 Å². The molecule has 0 unspecified atom stereocenters. The number of ether oxygens (including phenoxy) is 5. The molecule has 4 N–H and O–H groups in total. The van der Waals surface area contributed by atoms with E-state index in [1.165, 1.54) is 42.3 Å². The predicted molar refractivity (Wildman–Crippen MR) is 536 cm³/mol. The number of carbonyl (C=O) groups excluding carboxylic acids is 8. The predicted octanol–water partition coefficient (Wildman–Crippen LogP) is 19.5. The molecule has 728 valence electrons. The summed E-state index contributed by atoms with van der Waals surface area (Å²) in [6, 6.07) is 43.6. The summed E-state index contributed by atoms with van der Waals surface area (Å²) < 4.78 is 29.8. The number of amides is 4. The number of para-hydroxylation sites is 6. The van der Waals surface area contributed by atoms with Gasteiger partial charge in [0.05, 0.1) is 38.8 Å². The fourth-order valence-electron chi connectivity index (χ4n) is 13.9. The second kappa shape index (κ2) is 48.5. The molecule has 4 fully saturated rings. The Bertz CT molecular complexity index is 6380. The number of hydrogen-bond acceptors (Lipinski definition) is 27. The van der Waals surface area contributed by atoms with Gasteiger partial charge in [-0.2, -0.15) is 0 Å². The number of hydrogen-bond donors (Lipinski definition) is 4. The maximum Gasteiger partial charge on any atom is 0.410 e. The molecule has 14 aromatic rings. The molecule has 12 heterocycles. The summed E-state index contributed by atoms with van der Waals surface area (Å²) in [6.07, 6.45) is 16.3. The Morgan fingerprint density at radius 3 is 1.02 bits per heavy atom. The number of H-pyrrole nitrogens is 3. The number of alkyl halides is 1. The van der Waals surface area contributed by atoms with Gasteiger partial charge >= 0.3 is 18.3 Å². The number of aromatic nitrogens is 16. The molecule has 0 radical (unpaired) electrons. The quantitative estimate of drug-likeness (QED) is 0.0302. The molecule has 35 nitrogen and oxygen atoms in total. The number of likely N-dealkylation sites (tertiary alicyclic amines) is 4. The zero-order valence-corrected chi connectivity index (χ0v) is 84.3. The zero-order chi connectivity index (χ0) is 101. The summed E-state index contributed by atoms with van der Waals surface area (Å²) in [5.41, 5.74) is 6.98. The van der Waals surface area contributed by atoms with Gasteiger partial charge in [-0.1, -0.05) is 101 Å². The summed E-state index contributed by atoms with van der Waals surface area (Å²) >= 11 is 19.1. The van der Waals surface area contributed by atoms with Crippen LogP contribution in [0.3, 0.4) is 0 Å². The van der Waals surface area contributed by atoms with Crippen molar-refractivity contribution in [2.75, 3.05) is 58.9 Å². The van der Waals surface area contributed by atoms with Gasteiger partial charge in [0.25, 0.3) is 0 Å². The van der Waals surface area contributed by atoms with Gasteiger partial charge in [0.2, 0.25) is 40.9 Å². The Labute approximate surface area is 833 Å². The lowest BCUT2D eigenvalue weighted by atomic mass is 9.96. The van der Waals surface area contributed by atoms with Crippen LogP contribution in [0.15, 0.2) is 214 Å². The minimum atomic E-state index is -0.541. The van der Waals surface area contributed by atoms with E-state index in [1.54, 1.807) is 137 Å². The fraction of sp³-hybridized carbons (Fsp3) is 0.340. The second-order valence-corrected chi connectivity index (χ2v) is 38.6. The Morgan fingerprint density at radius 2 is 0.734 bits per heavy atom. The highest BCUT2D eigenvalue weighted by molar-refractivity contribution is 14.1. The summed E-state index contributed by atoms with van der Waals surface area (Å²) in [7, 11) is 0. The maximum atomic E-state index is 12.8. The van der Waals surface area contributed by atoms with E-state index in [9.17, 15) is 43.5 Å². The van der Waals surface area contributed by atoms with Crippen molar-refractivity contribution in [3.63, 3.8) is 0 Å². The first-order valence-electron chi connectivity index (χ1n) is 44.7. The van der Waals surface area contributed by atoms with E-state index in [0.29, 0.717) is 118 Å². The molecule has 18 rings (SSSR count). The Morgan fingerprint density at radius 1 is 0.417 bits per heavy atom. The van der Waals surface area contributed by atoms with E-state index in [0.717, 1.165) is 64.1 Å². The van der Waals surface area contributed by atoms with Gasteiger partial charge in [-0.3, -0.25) is 48.4 Å². The third-order valence-electron chi connectivity index (χ3n) is 20.9. The summed E-state index contributed by atoms with van der Waals surface area (Å²) in [6.45, 7) is 37.1. The molecule has 139 heavy (non-hydrogen) atoms. The van der Waals surface area contributed by atoms with Crippen molar-refractivity contribution < 1.29 is 67.1 Å². The highest BCUT2D eigenvalue weighted by Crippen LogP contribution is 2.37. The molecular formula is C100H111Cl3IN21O14. The molecule has 0 aliphatic carbocycles. The van der Waals surface area contributed by atoms with Gasteiger partial charge in [0, 0.05) is 179 Å². The van der Waals surface area contributed by atoms with Crippen molar-refractivity contribution in [2.45, 2.75) is 161 Å². The number of carbonyl (C=O) groups is 8. The summed E-state index contributed by atoms with van der Waals surface area (Å²) in [5.74, 6) is 2.58. The van der Waals surface area contributed by atoms with Crippen LogP contribution in [0.25, 0.3) is 33.1 Å². The highest BCUT2D eigenvalue weighted by atomic mass is 127. The van der Waals surface area contributed by atoms with Crippen LogP contribution in [0.1, 0.15) is 199 Å². The molecule has 6 aromatic carbocycles. The SMILES string of the molecule is CC(=O)N1CC(c2nccnc2Oc2ccc(C(=O)c3nc4ccccc4[nH]3)cc2)C1.CC(=O)n1ccnc1.CC(C)(C)OC(=O)N1CC(I)C1.CC(C)(C)OC(=O)N1CC(c2nccnc2Cl)C1.CC(C)(C)OC(=O)N1CC(c2nccnc2Oc2ccc(C(=O)c3nc4ccccc4[nH]3)cc2)C1.CCN(C(C)C)C(C)C.Clc1nccnc1Cl.O=C(c1ccc(O)cc1)c1nc2ccccc2[nH]1. The third-order valence-corrected chi connectivity index (χ3v) is 22.6. The number of benzene rings is 6. The maximum absolute atomic E-state index is 12.8. The van der Waals surface area contributed by atoms with Crippen LogP contribution < -0.4 is 9.47 Å². The Balaban J connectivity index is 0.000000161. The van der Waals surface area contributed by atoms with Crippen molar-refractivity contribution >= 4 is 138 Å². The van der Waals surface area contributed by atoms with Gasteiger partial charge < -0.3 is 63.3 Å². The largest absolute Gasteiger partial charge is 0.508 e. The first kappa shape index (κ1) is 106. The van der Waals surface area contributed by atoms with Crippen molar-refractivity contribution in [3.05, 3.63) is 281 Å². The van der Waals surface area contributed by atoms with E-state index in [4.69, 9.17) is 58.5 Å². The number of aromatic amines is 3. The van der Waals surface area contributed by atoms with Crippen LogP contribution in [0.4, 0.5) is 14.4 Å². The molecule has 4 amide bonds. The number of nitrogens with one attached hydrogen (secondary N) is 3. The molecule has 4 aliphatic rings.